The van der Waals surface area contributed by atoms with Crippen LogP contribution in [-0.4, -0.2) is 35.0 Å². The second-order valence-corrected chi connectivity index (χ2v) is 7.58. The molecule has 2 aromatic carbocycles. The van der Waals surface area contributed by atoms with Crippen molar-refractivity contribution in [2.24, 2.45) is 5.41 Å². The van der Waals surface area contributed by atoms with Crippen LogP contribution >= 0.6 is 0 Å². The molecule has 1 aliphatic heterocycles. The van der Waals surface area contributed by atoms with Crippen LogP contribution in [0.1, 0.15) is 43.8 Å². The van der Waals surface area contributed by atoms with Crippen LogP contribution in [0.5, 0.6) is 0 Å². The predicted molar refractivity (Wildman–Crippen MR) is 97.2 cm³/mol. The molecule has 1 spiro atoms. The highest BCUT2D eigenvalue weighted by Gasteiger charge is 2.45. The fourth-order valence-electron chi connectivity index (χ4n) is 4.40. The Balaban J connectivity index is 1.54. The Kier molecular flexibility index (Phi) is 4.04. The molecule has 0 aromatic heterocycles. The van der Waals surface area contributed by atoms with Crippen LogP contribution in [0.3, 0.4) is 0 Å². The van der Waals surface area contributed by atoms with Crippen molar-refractivity contribution in [1.29, 1.82) is 0 Å². The Morgan fingerprint density at radius 3 is 2.62 bits per heavy atom. The molecule has 2 aromatic rings. The SMILES string of the molecule is Cc1ccc(C(=O)N2CCC3(Cc4cccc(C(=O)NO)c4C3)C2)cc1. The van der Waals surface area contributed by atoms with Gasteiger partial charge in [-0.05, 0) is 60.9 Å². The maximum Gasteiger partial charge on any atom is 0.274 e. The first kappa shape index (κ1) is 16.8. The number of hydroxylamine groups is 1. The first-order chi connectivity index (χ1) is 12.5. The molecule has 0 bridgehead atoms. The molecule has 0 saturated carbocycles. The van der Waals surface area contributed by atoms with Gasteiger partial charge in [0.1, 0.15) is 0 Å². The number of nitrogens with zero attached hydrogens (tertiary/aromatic N) is 1. The normalized spacial score (nSPS) is 21.1. The number of likely N-dealkylation sites (tertiary alicyclic amines) is 1. The number of amides is 2. The van der Waals surface area contributed by atoms with Crippen molar-refractivity contribution < 1.29 is 14.8 Å². The highest BCUT2D eigenvalue weighted by atomic mass is 16.5. The molecular weight excluding hydrogens is 328 g/mol. The molecule has 26 heavy (non-hydrogen) atoms. The van der Waals surface area contributed by atoms with Crippen LogP contribution in [0.15, 0.2) is 42.5 Å². The van der Waals surface area contributed by atoms with E-state index in [-0.39, 0.29) is 11.3 Å². The quantitative estimate of drug-likeness (QED) is 0.646. The molecule has 1 fully saturated rings. The number of aryl methyl sites for hydroxylation is 1. The van der Waals surface area contributed by atoms with Crippen LogP contribution in [0.2, 0.25) is 0 Å². The summed E-state index contributed by atoms with van der Waals surface area (Å²) in [6, 6.07) is 13.3. The van der Waals surface area contributed by atoms with Crippen LogP contribution in [0.25, 0.3) is 0 Å². The monoisotopic (exact) mass is 350 g/mol. The molecule has 2 aliphatic rings. The van der Waals surface area contributed by atoms with Crippen molar-refractivity contribution in [2.45, 2.75) is 26.2 Å². The Labute approximate surface area is 152 Å². The van der Waals surface area contributed by atoms with Gasteiger partial charge in [-0.25, -0.2) is 5.48 Å². The Morgan fingerprint density at radius 2 is 1.88 bits per heavy atom. The first-order valence-corrected chi connectivity index (χ1v) is 8.92. The summed E-state index contributed by atoms with van der Waals surface area (Å²) in [5.41, 5.74) is 6.28. The highest BCUT2D eigenvalue weighted by Crippen LogP contribution is 2.45. The highest BCUT2D eigenvalue weighted by molar-refractivity contribution is 5.96. The number of carbonyl (C=O) groups is 2. The lowest BCUT2D eigenvalue weighted by Crippen LogP contribution is -2.32. The minimum Gasteiger partial charge on any atom is -0.338 e. The molecule has 1 heterocycles. The average Bonchev–Trinajstić information content (AvgIpc) is 3.23. The van der Waals surface area contributed by atoms with Gasteiger partial charge in [-0.1, -0.05) is 29.8 Å². The maximum atomic E-state index is 12.8. The van der Waals surface area contributed by atoms with E-state index in [0.29, 0.717) is 12.1 Å². The Morgan fingerprint density at radius 1 is 1.12 bits per heavy atom. The molecule has 1 aliphatic carbocycles. The van der Waals surface area contributed by atoms with Crippen LogP contribution in [0.4, 0.5) is 0 Å². The van der Waals surface area contributed by atoms with Gasteiger partial charge in [-0.15, -0.1) is 0 Å². The number of nitrogens with one attached hydrogen (secondary N) is 1. The number of benzene rings is 2. The summed E-state index contributed by atoms with van der Waals surface area (Å²) >= 11 is 0. The lowest BCUT2D eigenvalue weighted by molar-refractivity contribution is 0.0704. The van der Waals surface area contributed by atoms with E-state index in [0.717, 1.165) is 48.1 Å². The summed E-state index contributed by atoms with van der Waals surface area (Å²) < 4.78 is 0. The molecule has 134 valence electrons. The van der Waals surface area contributed by atoms with Crippen molar-refractivity contribution >= 4 is 11.8 Å². The lowest BCUT2D eigenvalue weighted by Gasteiger charge is -2.24. The summed E-state index contributed by atoms with van der Waals surface area (Å²) in [6.45, 7) is 3.45. The third-order valence-corrected chi connectivity index (χ3v) is 5.76. The van der Waals surface area contributed by atoms with E-state index in [2.05, 4.69) is 0 Å². The zero-order chi connectivity index (χ0) is 18.3. The van der Waals surface area contributed by atoms with Gasteiger partial charge in [0, 0.05) is 24.2 Å². The molecule has 2 amide bonds. The molecule has 1 atom stereocenters. The van der Waals surface area contributed by atoms with Gasteiger partial charge in [0.05, 0.1) is 0 Å². The number of rotatable bonds is 2. The molecule has 2 N–H and O–H groups in total. The molecule has 0 radical (unpaired) electrons. The fourth-order valence-corrected chi connectivity index (χ4v) is 4.40. The van der Waals surface area contributed by atoms with Crippen molar-refractivity contribution in [3.63, 3.8) is 0 Å². The van der Waals surface area contributed by atoms with Gasteiger partial charge < -0.3 is 4.90 Å². The van der Waals surface area contributed by atoms with E-state index in [1.165, 1.54) is 0 Å². The number of fused-ring (bicyclic) bond motifs is 1. The molecule has 5 heteroatoms. The summed E-state index contributed by atoms with van der Waals surface area (Å²) in [6.07, 6.45) is 2.57. The average molecular weight is 350 g/mol. The summed E-state index contributed by atoms with van der Waals surface area (Å²) in [5.74, 6) is -0.393. The van der Waals surface area contributed by atoms with Gasteiger partial charge in [-0.2, -0.15) is 0 Å². The van der Waals surface area contributed by atoms with Gasteiger partial charge >= 0.3 is 0 Å². The van der Waals surface area contributed by atoms with Crippen molar-refractivity contribution in [3.05, 3.63) is 70.3 Å². The third kappa shape index (κ3) is 2.78. The predicted octanol–water partition coefficient (Wildman–Crippen LogP) is 2.75. The van der Waals surface area contributed by atoms with Crippen LogP contribution in [0, 0.1) is 12.3 Å². The van der Waals surface area contributed by atoms with Crippen molar-refractivity contribution in [1.82, 2.24) is 10.4 Å². The molecule has 1 unspecified atom stereocenters. The van der Waals surface area contributed by atoms with Gasteiger partial charge in [0.25, 0.3) is 11.8 Å². The van der Waals surface area contributed by atoms with Gasteiger partial charge in [0.15, 0.2) is 0 Å². The minimum atomic E-state index is -0.468. The second kappa shape index (κ2) is 6.25. The van der Waals surface area contributed by atoms with E-state index in [9.17, 15) is 9.59 Å². The van der Waals surface area contributed by atoms with Crippen LogP contribution in [-0.2, 0) is 12.8 Å². The Bertz CT molecular complexity index is 875. The number of carbonyl (C=O) groups excluding carboxylic acids is 2. The third-order valence-electron chi connectivity index (χ3n) is 5.76. The summed E-state index contributed by atoms with van der Waals surface area (Å²) in [5, 5.41) is 8.98. The summed E-state index contributed by atoms with van der Waals surface area (Å²) in [7, 11) is 0. The zero-order valence-electron chi connectivity index (χ0n) is 14.8. The smallest absolute Gasteiger partial charge is 0.274 e. The van der Waals surface area contributed by atoms with Crippen molar-refractivity contribution in [3.8, 4) is 0 Å². The fraction of sp³-hybridized carbons (Fsp3) is 0.333. The second-order valence-electron chi connectivity index (χ2n) is 7.58. The zero-order valence-corrected chi connectivity index (χ0v) is 14.8. The number of hydrogen-bond acceptors (Lipinski definition) is 3. The first-order valence-electron chi connectivity index (χ1n) is 8.92. The van der Waals surface area contributed by atoms with Gasteiger partial charge in [-0.3, -0.25) is 14.8 Å². The standard InChI is InChI=1S/C21H22N2O3/c1-14-5-7-15(8-6-14)20(25)23-10-9-21(13-23)11-16-3-2-4-17(18(16)12-21)19(24)22-26/h2-8,26H,9-13H2,1H3,(H,22,24). The van der Waals surface area contributed by atoms with E-state index in [1.807, 2.05) is 48.2 Å². The number of hydrogen-bond donors (Lipinski definition) is 2. The van der Waals surface area contributed by atoms with Crippen LogP contribution < -0.4 is 5.48 Å². The summed E-state index contributed by atoms with van der Waals surface area (Å²) in [4.78, 5) is 26.7. The van der Waals surface area contributed by atoms with E-state index in [1.54, 1.807) is 11.5 Å². The Hall–Kier alpha value is -2.66. The van der Waals surface area contributed by atoms with E-state index in [4.69, 9.17) is 5.21 Å². The molecule has 1 saturated heterocycles. The van der Waals surface area contributed by atoms with Crippen molar-refractivity contribution in [2.75, 3.05) is 13.1 Å². The molecule has 4 rings (SSSR count). The van der Waals surface area contributed by atoms with Gasteiger partial charge in [0.2, 0.25) is 0 Å². The largest absolute Gasteiger partial charge is 0.338 e. The topological polar surface area (TPSA) is 69.6 Å². The molecule has 5 nitrogen and oxygen atoms in total. The minimum absolute atomic E-state index is 0.00543. The van der Waals surface area contributed by atoms with E-state index >= 15 is 0 Å². The lowest BCUT2D eigenvalue weighted by atomic mass is 9.84. The van der Waals surface area contributed by atoms with E-state index < -0.39 is 5.91 Å². The molecular formula is C21H22N2O3. The maximum absolute atomic E-state index is 12.8.